The second-order valence-electron chi connectivity index (χ2n) is 2.43. The van der Waals surface area contributed by atoms with Crippen LogP contribution in [0.3, 0.4) is 0 Å². The molecule has 2 rings (SSSR count). The summed E-state index contributed by atoms with van der Waals surface area (Å²) in [5.74, 6) is 1.40. The summed E-state index contributed by atoms with van der Waals surface area (Å²) in [7, 11) is 0. The number of rotatable bonds is 1. The van der Waals surface area contributed by atoms with Crippen molar-refractivity contribution in [3.8, 4) is 11.5 Å². The number of benzene rings is 1. The van der Waals surface area contributed by atoms with Gasteiger partial charge in [0, 0.05) is 0 Å². The van der Waals surface area contributed by atoms with E-state index in [1.807, 2.05) is 0 Å². The van der Waals surface area contributed by atoms with Crippen LogP contribution in [0.2, 0.25) is 0 Å². The lowest BCUT2D eigenvalue weighted by molar-refractivity contribution is 0.173. The molecular formula is C8H7BrO3. The van der Waals surface area contributed by atoms with Crippen molar-refractivity contribution in [2.45, 2.75) is 6.61 Å². The molecule has 0 unspecified atom stereocenters. The third-order valence-corrected chi connectivity index (χ3v) is 2.60. The van der Waals surface area contributed by atoms with Crippen LogP contribution in [-0.2, 0) is 6.61 Å². The van der Waals surface area contributed by atoms with E-state index in [4.69, 9.17) is 14.6 Å². The molecule has 0 aliphatic carbocycles. The first-order valence-electron chi connectivity index (χ1n) is 3.51. The smallest absolute Gasteiger partial charge is 0.231 e. The topological polar surface area (TPSA) is 38.7 Å². The number of hydrogen-bond acceptors (Lipinski definition) is 3. The van der Waals surface area contributed by atoms with Crippen LogP contribution in [0.15, 0.2) is 16.6 Å². The highest BCUT2D eigenvalue weighted by Crippen LogP contribution is 2.40. The highest BCUT2D eigenvalue weighted by Gasteiger charge is 2.18. The molecule has 0 radical (unpaired) electrons. The summed E-state index contributed by atoms with van der Waals surface area (Å²) < 4.78 is 11.1. The highest BCUT2D eigenvalue weighted by molar-refractivity contribution is 9.10. The first kappa shape index (κ1) is 7.89. The van der Waals surface area contributed by atoms with Crippen LogP contribution in [0.25, 0.3) is 0 Å². The minimum absolute atomic E-state index is 0.00275. The zero-order valence-electron chi connectivity index (χ0n) is 6.21. The SMILES string of the molecule is OCc1ccc2c(c1Br)OCO2. The van der Waals surface area contributed by atoms with Crippen molar-refractivity contribution >= 4 is 15.9 Å². The quantitative estimate of drug-likeness (QED) is 0.798. The molecule has 0 spiro atoms. The van der Waals surface area contributed by atoms with Crippen LogP contribution in [0.1, 0.15) is 5.56 Å². The number of halogens is 1. The standard InChI is InChI=1S/C8H7BrO3/c9-7-5(3-10)1-2-6-8(7)12-4-11-6/h1-2,10H,3-4H2. The van der Waals surface area contributed by atoms with Crippen LogP contribution >= 0.6 is 15.9 Å². The molecular weight excluding hydrogens is 224 g/mol. The molecule has 12 heavy (non-hydrogen) atoms. The fraction of sp³-hybridized carbons (Fsp3) is 0.250. The zero-order chi connectivity index (χ0) is 8.55. The molecule has 0 bridgehead atoms. The van der Waals surface area contributed by atoms with E-state index in [1.54, 1.807) is 12.1 Å². The van der Waals surface area contributed by atoms with E-state index in [-0.39, 0.29) is 13.4 Å². The molecule has 1 aromatic rings. The summed E-state index contributed by atoms with van der Waals surface area (Å²) in [6.07, 6.45) is 0. The van der Waals surface area contributed by atoms with Crippen LogP contribution in [-0.4, -0.2) is 11.9 Å². The van der Waals surface area contributed by atoms with Crippen LogP contribution in [0, 0.1) is 0 Å². The van der Waals surface area contributed by atoms with Crippen molar-refractivity contribution in [3.05, 3.63) is 22.2 Å². The van der Waals surface area contributed by atoms with Crippen molar-refractivity contribution in [1.82, 2.24) is 0 Å². The summed E-state index contributed by atoms with van der Waals surface area (Å²) in [6.45, 7) is 0.250. The second-order valence-corrected chi connectivity index (χ2v) is 3.22. The van der Waals surface area contributed by atoms with Crippen molar-refractivity contribution in [3.63, 3.8) is 0 Å². The highest BCUT2D eigenvalue weighted by atomic mass is 79.9. The van der Waals surface area contributed by atoms with E-state index in [1.165, 1.54) is 0 Å². The van der Waals surface area contributed by atoms with Crippen molar-refractivity contribution in [2.75, 3.05) is 6.79 Å². The molecule has 1 aliphatic heterocycles. The fourth-order valence-electron chi connectivity index (χ4n) is 1.10. The minimum atomic E-state index is -0.00275. The Morgan fingerprint density at radius 1 is 1.42 bits per heavy atom. The van der Waals surface area contributed by atoms with E-state index in [9.17, 15) is 0 Å². The van der Waals surface area contributed by atoms with Crippen LogP contribution < -0.4 is 9.47 Å². The van der Waals surface area contributed by atoms with Crippen molar-refractivity contribution < 1.29 is 14.6 Å². The molecule has 0 saturated heterocycles. The van der Waals surface area contributed by atoms with Gasteiger partial charge in [-0.05, 0) is 27.6 Å². The maximum atomic E-state index is 8.92. The van der Waals surface area contributed by atoms with E-state index in [0.29, 0.717) is 5.75 Å². The number of aliphatic hydroxyl groups excluding tert-OH is 1. The van der Waals surface area contributed by atoms with E-state index in [0.717, 1.165) is 15.8 Å². The molecule has 1 aromatic carbocycles. The zero-order valence-corrected chi connectivity index (χ0v) is 7.80. The number of aliphatic hydroxyl groups is 1. The van der Waals surface area contributed by atoms with Gasteiger partial charge in [0.15, 0.2) is 11.5 Å². The van der Waals surface area contributed by atoms with Gasteiger partial charge in [-0.1, -0.05) is 6.07 Å². The summed E-state index contributed by atoms with van der Waals surface area (Å²) >= 11 is 3.33. The Balaban J connectivity index is 2.54. The van der Waals surface area contributed by atoms with Gasteiger partial charge in [-0.15, -0.1) is 0 Å². The molecule has 0 amide bonds. The summed E-state index contributed by atoms with van der Waals surface area (Å²) in [5, 5.41) is 8.92. The first-order valence-corrected chi connectivity index (χ1v) is 4.30. The molecule has 0 atom stereocenters. The lowest BCUT2D eigenvalue weighted by Gasteiger charge is -2.03. The minimum Gasteiger partial charge on any atom is -0.454 e. The van der Waals surface area contributed by atoms with Crippen LogP contribution in [0.4, 0.5) is 0 Å². The van der Waals surface area contributed by atoms with Crippen molar-refractivity contribution in [2.24, 2.45) is 0 Å². The second kappa shape index (κ2) is 2.95. The number of fused-ring (bicyclic) bond motifs is 1. The largest absolute Gasteiger partial charge is 0.454 e. The molecule has 1 heterocycles. The Morgan fingerprint density at radius 3 is 3.00 bits per heavy atom. The van der Waals surface area contributed by atoms with Gasteiger partial charge in [0.2, 0.25) is 6.79 Å². The Kier molecular flexibility index (Phi) is 1.94. The molecule has 3 nitrogen and oxygen atoms in total. The monoisotopic (exact) mass is 230 g/mol. The number of hydrogen-bond donors (Lipinski definition) is 1. The maximum absolute atomic E-state index is 8.92. The molecule has 0 aromatic heterocycles. The lowest BCUT2D eigenvalue weighted by atomic mass is 10.2. The van der Waals surface area contributed by atoms with Gasteiger partial charge in [0.25, 0.3) is 0 Å². The Hall–Kier alpha value is -0.740. The predicted octanol–water partition coefficient (Wildman–Crippen LogP) is 1.67. The Bertz CT molecular complexity index is 311. The summed E-state index contributed by atoms with van der Waals surface area (Å²) in [4.78, 5) is 0. The molecule has 0 fully saturated rings. The van der Waals surface area contributed by atoms with Crippen LogP contribution in [0.5, 0.6) is 11.5 Å². The molecule has 64 valence electrons. The van der Waals surface area contributed by atoms with E-state index in [2.05, 4.69) is 15.9 Å². The average molecular weight is 231 g/mol. The van der Waals surface area contributed by atoms with Gasteiger partial charge >= 0.3 is 0 Å². The average Bonchev–Trinajstić information content (AvgIpc) is 2.53. The normalized spacial score (nSPS) is 13.5. The van der Waals surface area contributed by atoms with E-state index >= 15 is 0 Å². The number of ether oxygens (including phenoxy) is 2. The Labute approximate surface area is 78.0 Å². The third-order valence-electron chi connectivity index (χ3n) is 1.73. The van der Waals surface area contributed by atoms with Gasteiger partial charge in [0.1, 0.15) is 0 Å². The summed E-state index contributed by atoms with van der Waals surface area (Å²) in [5.41, 5.74) is 0.805. The molecule has 1 aliphatic rings. The van der Waals surface area contributed by atoms with Gasteiger partial charge in [-0.25, -0.2) is 0 Å². The summed E-state index contributed by atoms with van der Waals surface area (Å²) in [6, 6.07) is 3.59. The third kappa shape index (κ3) is 1.07. The maximum Gasteiger partial charge on any atom is 0.231 e. The van der Waals surface area contributed by atoms with Gasteiger partial charge in [0.05, 0.1) is 11.1 Å². The lowest BCUT2D eigenvalue weighted by Crippen LogP contribution is -1.93. The molecule has 1 N–H and O–H groups in total. The predicted molar refractivity (Wildman–Crippen MR) is 46.2 cm³/mol. The van der Waals surface area contributed by atoms with E-state index < -0.39 is 0 Å². The van der Waals surface area contributed by atoms with Gasteiger partial charge in [-0.3, -0.25) is 0 Å². The molecule has 0 saturated carbocycles. The van der Waals surface area contributed by atoms with Gasteiger partial charge < -0.3 is 14.6 Å². The Morgan fingerprint density at radius 2 is 2.25 bits per heavy atom. The molecule has 4 heteroatoms. The van der Waals surface area contributed by atoms with Gasteiger partial charge in [-0.2, -0.15) is 0 Å². The first-order chi connectivity index (χ1) is 5.83. The fourth-order valence-corrected chi connectivity index (χ4v) is 1.67. The van der Waals surface area contributed by atoms with Crippen molar-refractivity contribution in [1.29, 1.82) is 0 Å².